The molecule has 2 aromatic rings. The smallest absolute Gasteiger partial charge is 0.410 e. The molecule has 10 nitrogen and oxygen atoms in total. The van der Waals surface area contributed by atoms with Gasteiger partial charge in [-0.3, -0.25) is 4.31 Å². The third-order valence-electron chi connectivity index (χ3n) is 6.87. The Morgan fingerprint density at radius 3 is 2.31 bits per heavy atom. The predicted octanol–water partition coefficient (Wildman–Crippen LogP) is 6.25. The van der Waals surface area contributed by atoms with Gasteiger partial charge in [0.05, 0.1) is 29.4 Å². The van der Waals surface area contributed by atoms with Crippen molar-refractivity contribution in [2.45, 2.75) is 78.2 Å². The SMILES string of the molecule is CCOC(=O)C1=CCCCC1S(=O)(=O)N(Cc1cc(C)c(OC(=O)CN(C)C(=O)OC(C)(C)C)c(C)c1)c1ccc(F)cc1Cl. The van der Waals surface area contributed by atoms with E-state index in [0.29, 0.717) is 29.5 Å². The van der Waals surface area contributed by atoms with Gasteiger partial charge in [-0.2, -0.15) is 0 Å². The maximum absolute atomic E-state index is 14.3. The predicted molar refractivity (Wildman–Crippen MR) is 169 cm³/mol. The number of sulfonamides is 1. The second-order valence-electron chi connectivity index (χ2n) is 11.8. The molecule has 0 spiro atoms. The maximum atomic E-state index is 14.3. The van der Waals surface area contributed by atoms with E-state index in [-0.39, 0.29) is 48.1 Å². The highest BCUT2D eigenvalue weighted by Gasteiger charge is 2.40. The summed E-state index contributed by atoms with van der Waals surface area (Å²) in [4.78, 5) is 38.8. The maximum Gasteiger partial charge on any atom is 0.410 e. The Morgan fingerprint density at radius 1 is 1.09 bits per heavy atom. The molecule has 0 bridgehead atoms. The minimum absolute atomic E-state index is 0.0443. The number of esters is 2. The fraction of sp³-hybridized carbons (Fsp3) is 0.469. The highest BCUT2D eigenvalue weighted by atomic mass is 35.5. The number of benzene rings is 2. The summed E-state index contributed by atoms with van der Waals surface area (Å²) in [6.45, 7) is 9.70. The Kier molecular flexibility index (Phi) is 11.7. The minimum Gasteiger partial charge on any atom is -0.463 e. The van der Waals surface area contributed by atoms with Gasteiger partial charge in [-0.1, -0.05) is 29.8 Å². The summed E-state index contributed by atoms with van der Waals surface area (Å²) in [5.41, 5.74) is 0.958. The lowest BCUT2D eigenvalue weighted by Crippen LogP contribution is -2.42. The molecule has 0 N–H and O–H groups in total. The summed E-state index contributed by atoms with van der Waals surface area (Å²) in [5, 5.41) is -1.32. The van der Waals surface area contributed by atoms with E-state index in [1.54, 1.807) is 59.8 Å². The number of aryl methyl sites for hydroxylation is 2. The van der Waals surface area contributed by atoms with Gasteiger partial charge >= 0.3 is 18.0 Å². The number of allylic oxidation sites excluding steroid dienone is 1. The van der Waals surface area contributed by atoms with E-state index >= 15 is 0 Å². The summed E-state index contributed by atoms with van der Waals surface area (Å²) in [5.74, 6) is -1.78. The molecule has 0 heterocycles. The minimum atomic E-state index is -4.29. The highest BCUT2D eigenvalue weighted by molar-refractivity contribution is 7.93. The molecule has 1 amide bonds. The monoisotopic (exact) mass is 666 g/mol. The highest BCUT2D eigenvalue weighted by Crippen LogP contribution is 2.36. The van der Waals surface area contributed by atoms with Crippen LogP contribution in [-0.2, 0) is 35.6 Å². The van der Waals surface area contributed by atoms with Crippen molar-refractivity contribution >= 4 is 45.3 Å². The number of halogens is 2. The number of amides is 1. The van der Waals surface area contributed by atoms with E-state index in [2.05, 4.69) is 0 Å². The van der Waals surface area contributed by atoms with Crippen molar-refractivity contribution in [2.75, 3.05) is 24.5 Å². The first-order valence-electron chi connectivity index (χ1n) is 14.5. The Morgan fingerprint density at radius 2 is 1.73 bits per heavy atom. The van der Waals surface area contributed by atoms with Gasteiger partial charge in [0.25, 0.3) is 0 Å². The Bertz CT molecular complexity index is 1560. The molecular weight excluding hydrogens is 627 g/mol. The number of carbonyl (C=O) groups excluding carboxylic acids is 3. The van der Waals surface area contributed by atoms with E-state index in [4.69, 9.17) is 25.8 Å². The van der Waals surface area contributed by atoms with Gasteiger partial charge < -0.3 is 19.1 Å². The van der Waals surface area contributed by atoms with Crippen molar-refractivity contribution in [1.29, 1.82) is 0 Å². The standard InChI is InChI=1S/C32H40ClFN2O8S/c1-8-42-30(38)24-11-9-10-12-27(24)45(40,41)36(26-14-13-23(34)17-25(26)33)18-22-15-20(2)29(21(3)16-22)43-28(37)19-35(7)31(39)44-32(4,5)6/h11,13-17,27H,8-10,12,18-19H2,1-7H3. The van der Waals surface area contributed by atoms with E-state index in [9.17, 15) is 27.2 Å². The van der Waals surface area contributed by atoms with Crippen molar-refractivity contribution < 1.29 is 41.4 Å². The molecule has 3 rings (SSSR count). The van der Waals surface area contributed by atoms with Crippen LogP contribution >= 0.6 is 11.6 Å². The number of ether oxygens (including phenoxy) is 3. The van der Waals surface area contributed by atoms with Gasteiger partial charge in [0, 0.05) is 7.05 Å². The van der Waals surface area contributed by atoms with Crippen LogP contribution in [0.3, 0.4) is 0 Å². The molecule has 0 aromatic heterocycles. The van der Waals surface area contributed by atoms with Gasteiger partial charge in [-0.25, -0.2) is 27.2 Å². The molecule has 0 saturated carbocycles. The van der Waals surface area contributed by atoms with E-state index < -0.39 is 44.7 Å². The van der Waals surface area contributed by atoms with Gasteiger partial charge in [-0.05, 0) is 95.7 Å². The summed E-state index contributed by atoms with van der Waals surface area (Å²) in [6, 6.07) is 6.74. The van der Waals surface area contributed by atoms with Crippen molar-refractivity contribution in [3.8, 4) is 5.75 Å². The second kappa shape index (κ2) is 14.6. The summed E-state index contributed by atoms with van der Waals surface area (Å²) in [6.07, 6.45) is 2.17. The van der Waals surface area contributed by atoms with Crippen LogP contribution in [-0.4, -0.2) is 62.4 Å². The van der Waals surface area contributed by atoms with Gasteiger partial charge in [0.2, 0.25) is 10.0 Å². The Labute approximate surface area is 269 Å². The zero-order chi connectivity index (χ0) is 33.7. The first kappa shape index (κ1) is 35.8. The van der Waals surface area contributed by atoms with E-state index in [1.807, 2.05) is 0 Å². The molecule has 0 fully saturated rings. The zero-order valence-corrected chi connectivity index (χ0v) is 28.2. The van der Waals surface area contributed by atoms with Crippen molar-refractivity contribution in [3.05, 3.63) is 69.5 Å². The van der Waals surface area contributed by atoms with Crippen molar-refractivity contribution in [2.24, 2.45) is 0 Å². The average Bonchev–Trinajstić information content (AvgIpc) is 2.93. The molecule has 13 heteroatoms. The molecule has 0 saturated heterocycles. The van der Waals surface area contributed by atoms with Crippen LogP contribution in [0, 0.1) is 19.7 Å². The molecule has 0 aliphatic heterocycles. The number of carbonyl (C=O) groups is 3. The quantitative estimate of drug-likeness (QED) is 0.216. The molecule has 1 unspecified atom stereocenters. The number of nitrogens with zero attached hydrogens (tertiary/aromatic N) is 2. The van der Waals surface area contributed by atoms with Crippen molar-refractivity contribution in [3.63, 3.8) is 0 Å². The van der Waals surface area contributed by atoms with Crippen LogP contribution in [0.15, 0.2) is 42.0 Å². The molecular formula is C32H40ClFN2O8S. The third-order valence-corrected chi connectivity index (χ3v) is 9.32. The Hall–Kier alpha value is -3.64. The average molecular weight is 667 g/mol. The summed E-state index contributed by atoms with van der Waals surface area (Å²) >= 11 is 6.38. The lowest BCUT2D eigenvalue weighted by Gasteiger charge is -2.32. The normalized spacial score (nSPS) is 15.1. The first-order valence-corrected chi connectivity index (χ1v) is 16.4. The van der Waals surface area contributed by atoms with Crippen LogP contribution in [0.1, 0.15) is 63.6 Å². The summed E-state index contributed by atoms with van der Waals surface area (Å²) in [7, 11) is -2.87. The van der Waals surface area contributed by atoms with Crippen LogP contribution in [0.2, 0.25) is 5.02 Å². The fourth-order valence-corrected chi connectivity index (χ4v) is 7.30. The molecule has 1 aliphatic carbocycles. The molecule has 2 aromatic carbocycles. The Balaban J connectivity index is 1.94. The van der Waals surface area contributed by atoms with Crippen LogP contribution in [0.5, 0.6) is 5.75 Å². The third kappa shape index (κ3) is 9.20. The van der Waals surface area contributed by atoms with E-state index in [0.717, 1.165) is 21.3 Å². The van der Waals surface area contributed by atoms with Crippen molar-refractivity contribution in [1.82, 2.24) is 4.90 Å². The lowest BCUT2D eigenvalue weighted by molar-refractivity contribution is -0.138. The molecule has 1 atom stereocenters. The second-order valence-corrected chi connectivity index (χ2v) is 14.3. The van der Waals surface area contributed by atoms with Gasteiger partial charge in [0.15, 0.2) is 0 Å². The first-order chi connectivity index (χ1) is 20.9. The number of hydrogen-bond acceptors (Lipinski definition) is 8. The fourth-order valence-electron chi connectivity index (χ4n) is 4.94. The molecule has 1 aliphatic rings. The van der Waals surface area contributed by atoms with Gasteiger partial charge in [-0.15, -0.1) is 0 Å². The lowest BCUT2D eigenvalue weighted by atomic mass is 9.99. The largest absolute Gasteiger partial charge is 0.463 e. The molecule has 246 valence electrons. The topological polar surface area (TPSA) is 120 Å². The zero-order valence-electron chi connectivity index (χ0n) is 26.6. The number of likely N-dealkylation sites (N-methyl/N-ethyl adjacent to an activating group) is 1. The van der Waals surface area contributed by atoms with Crippen LogP contribution in [0.4, 0.5) is 14.9 Å². The van der Waals surface area contributed by atoms with Crippen LogP contribution < -0.4 is 9.04 Å². The molecule has 0 radical (unpaired) electrons. The van der Waals surface area contributed by atoms with Crippen LogP contribution in [0.25, 0.3) is 0 Å². The number of rotatable bonds is 10. The van der Waals surface area contributed by atoms with Gasteiger partial charge in [0.1, 0.15) is 29.0 Å². The summed E-state index contributed by atoms with van der Waals surface area (Å²) < 4.78 is 59.7. The number of hydrogen-bond donors (Lipinski definition) is 0. The van der Waals surface area contributed by atoms with E-state index in [1.165, 1.54) is 13.1 Å². The molecule has 45 heavy (non-hydrogen) atoms. The number of anilines is 1.